The molecule has 2 N–H and O–H groups in total. The van der Waals surface area contributed by atoms with Gasteiger partial charge in [-0.2, -0.15) is 0 Å². The van der Waals surface area contributed by atoms with Crippen molar-refractivity contribution in [2.75, 3.05) is 0 Å². The molecule has 0 aromatic rings. The molecular formula is C24H38O4. The molecule has 0 aromatic carbocycles. The molecule has 4 nitrogen and oxygen atoms in total. The number of fused-ring (bicyclic) bond motifs is 5. The second-order valence-corrected chi connectivity index (χ2v) is 11.1. The van der Waals surface area contributed by atoms with Gasteiger partial charge in [-0.3, -0.25) is 9.59 Å². The van der Waals surface area contributed by atoms with E-state index in [9.17, 15) is 14.7 Å². The summed E-state index contributed by atoms with van der Waals surface area (Å²) in [6.07, 6.45) is 8.96. The predicted molar refractivity (Wildman–Crippen MR) is 108 cm³/mol. The minimum Gasteiger partial charge on any atom is -0.481 e. The van der Waals surface area contributed by atoms with Crippen LogP contribution in [-0.2, 0) is 9.59 Å². The fourth-order valence-corrected chi connectivity index (χ4v) is 8.44. The van der Waals surface area contributed by atoms with Gasteiger partial charge >= 0.3 is 5.97 Å². The van der Waals surface area contributed by atoms with Gasteiger partial charge in [-0.05, 0) is 92.3 Å². The summed E-state index contributed by atoms with van der Waals surface area (Å²) in [5.41, 5.74) is -0.0391. The number of aliphatic carboxylic acids is 1. The lowest BCUT2D eigenvalue weighted by atomic mass is 9.44. The van der Waals surface area contributed by atoms with Gasteiger partial charge in [-0.25, -0.2) is 0 Å². The van der Waals surface area contributed by atoms with Crippen LogP contribution in [0, 0.1) is 46.3 Å². The van der Waals surface area contributed by atoms with Crippen LogP contribution in [0.25, 0.3) is 0 Å². The molecule has 0 aromatic heterocycles. The largest absolute Gasteiger partial charge is 0.481 e. The van der Waals surface area contributed by atoms with Crippen molar-refractivity contribution in [3.8, 4) is 0 Å². The van der Waals surface area contributed by atoms with Crippen LogP contribution in [0.5, 0.6) is 0 Å². The highest BCUT2D eigenvalue weighted by Gasteiger charge is 2.63. The van der Waals surface area contributed by atoms with Crippen molar-refractivity contribution >= 4 is 11.8 Å². The number of aliphatic hydroxyl groups is 1. The fourth-order valence-electron chi connectivity index (χ4n) is 8.44. The molecule has 158 valence electrons. The van der Waals surface area contributed by atoms with Crippen LogP contribution in [0.15, 0.2) is 0 Å². The molecule has 4 fully saturated rings. The highest BCUT2D eigenvalue weighted by Crippen LogP contribution is 2.67. The minimum absolute atomic E-state index is 0.148. The molecule has 4 rings (SSSR count). The lowest BCUT2D eigenvalue weighted by Gasteiger charge is -2.60. The summed E-state index contributed by atoms with van der Waals surface area (Å²) < 4.78 is 0. The molecule has 0 unspecified atom stereocenters. The number of hydrogen-bond donors (Lipinski definition) is 2. The summed E-state index contributed by atoms with van der Waals surface area (Å²) in [7, 11) is 0. The molecule has 0 amide bonds. The molecule has 4 saturated carbocycles. The first-order valence-corrected chi connectivity index (χ1v) is 11.6. The van der Waals surface area contributed by atoms with E-state index in [1.54, 1.807) is 0 Å². The van der Waals surface area contributed by atoms with Crippen molar-refractivity contribution in [1.82, 2.24) is 0 Å². The minimum atomic E-state index is -0.729. The standard InChI is InChI=1S/C24H38O4/c1-14(4-9-22(27)28)18-7-8-19-17-6-5-15-12-16(25)10-11-23(15,2)20(17)13-21(26)24(18,19)3/h14-20,25H,4-13H2,1-3H3,(H,27,28)/t14-,15-,16-,17-,18+,19+,20+,23+,24-/m1/s1. The van der Waals surface area contributed by atoms with E-state index in [0.717, 1.165) is 32.1 Å². The number of carboxylic acid groups (broad SMARTS) is 1. The average molecular weight is 391 g/mol. The van der Waals surface area contributed by atoms with E-state index in [1.807, 2.05) is 0 Å². The Balaban J connectivity index is 1.57. The van der Waals surface area contributed by atoms with Crippen LogP contribution < -0.4 is 0 Å². The first-order valence-electron chi connectivity index (χ1n) is 11.6. The van der Waals surface area contributed by atoms with Gasteiger partial charge in [0.1, 0.15) is 5.78 Å². The number of carbonyl (C=O) groups excluding carboxylic acids is 1. The summed E-state index contributed by atoms with van der Waals surface area (Å²) >= 11 is 0. The van der Waals surface area contributed by atoms with Crippen molar-refractivity contribution in [1.29, 1.82) is 0 Å². The van der Waals surface area contributed by atoms with Gasteiger partial charge in [-0.1, -0.05) is 20.8 Å². The summed E-state index contributed by atoms with van der Waals surface area (Å²) in [5.74, 6) is 2.52. The van der Waals surface area contributed by atoms with E-state index < -0.39 is 5.97 Å². The number of Topliss-reactive ketones (excluding diaryl/α,β-unsaturated/α-hetero) is 1. The van der Waals surface area contributed by atoms with E-state index in [4.69, 9.17) is 5.11 Å². The number of rotatable bonds is 4. The molecule has 28 heavy (non-hydrogen) atoms. The molecule has 4 aliphatic carbocycles. The van der Waals surface area contributed by atoms with E-state index in [2.05, 4.69) is 20.8 Å². The van der Waals surface area contributed by atoms with Crippen LogP contribution in [0.2, 0.25) is 0 Å². The number of carbonyl (C=O) groups is 2. The predicted octanol–water partition coefficient (Wildman–Crippen LogP) is 4.69. The molecular weight excluding hydrogens is 352 g/mol. The monoisotopic (exact) mass is 390 g/mol. The molecule has 0 bridgehead atoms. The Kier molecular flexibility index (Phi) is 5.17. The number of ketones is 1. The molecule has 0 aliphatic heterocycles. The lowest BCUT2D eigenvalue weighted by Crippen LogP contribution is -2.57. The van der Waals surface area contributed by atoms with Crippen molar-refractivity contribution in [3.63, 3.8) is 0 Å². The smallest absolute Gasteiger partial charge is 0.303 e. The van der Waals surface area contributed by atoms with Crippen molar-refractivity contribution in [2.45, 2.75) is 91.1 Å². The lowest BCUT2D eigenvalue weighted by molar-refractivity contribution is -0.160. The molecule has 0 radical (unpaired) electrons. The van der Waals surface area contributed by atoms with Gasteiger partial charge in [0.05, 0.1) is 6.10 Å². The maximum absolute atomic E-state index is 13.6. The van der Waals surface area contributed by atoms with Gasteiger partial charge in [-0.15, -0.1) is 0 Å². The Bertz CT molecular complexity index is 645. The second-order valence-electron chi connectivity index (χ2n) is 11.1. The SMILES string of the molecule is C[C@H](CCC(=O)O)[C@@H]1CC[C@H]2[C@H]3CC[C@@H]4C[C@H](O)CC[C@]4(C)[C@H]3CC(=O)[C@@]21C. The fraction of sp³-hybridized carbons (Fsp3) is 0.917. The summed E-state index contributed by atoms with van der Waals surface area (Å²) in [6.45, 7) is 6.81. The molecule has 0 heterocycles. The average Bonchev–Trinajstić information content (AvgIpc) is 3.00. The maximum atomic E-state index is 13.6. The Labute approximate surface area is 169 Å². The Morgan fingerprint density at radius 3 is 2.61 bits per heavy atom. The quantitative estimate of drug-likeness (QED) is 0.730. The molecule has 9 atom stereocenters. The van der Waals surface area contributed by atoms with E-state index in [0.29, 0.717) is 54.1 Å². The molecule has 4 heteroatoms. The number of aliphatic hydroxyl groups excluding tert-OH is 1. The third-order valence-corrected chi connectivity index (χ3v) is 10.1. The van der Waals surface area contributed by atoms with E-state index in [-0.39, 0.29) is 23.4 Å². The van der Waals surface area contributed by atoms with Gasteiger partial charge < -0.3 is 10.2 Å². The van der Waals surface area contributed by atoms with Gasteiger partial charge in [0.15, 0.2) is 0 Å². The zero-order valence-electron chi connectivity index (χ0n) is 17.8. The van der Waals surface area contributed by atoms with Crippen molar-refractivity contribution in [3.05, 3.63) is 0 Å². The van der Waals surface area contributed by atoms with Crippen molar-refractivity contribution in [2.24, 2.45) is 46.3 Å². The normalized spacial score (nSPS) is 49.1. The molecule has 0 saturated heterocycles. The first kappa shape index (κ1) is 20.4. The van der Waals surface area contributed by atoms with E-state index >= 15 is 0 Å². The zero-order valence-corrected chi connectivity index (χ0v) is 17.8. The Morgan fingerprint density at radius 1 is 1.14 bits per heavy atom. The highest BCUT2D eigenvalue weighted by atomic mass is 16.4. The topological polar surface area (TPSA) is 74.6 Å². The zero-order chi connectivity index (χ0) is 20.3. The van der Waals surface area contributed by atoms with Crippen molar-refractivity contribution < 1.29 is 19.8 Å². The van der Waals surface area contributed by atoms with Crippen LogP contribution in [0.4, 0.5) is 0 Å². The van der Waals surface area contributed by atoms with Gasteiger partial charge in [0.2, 0.25) is 0 Å². The van der Waals surface area contributed by atoms with Crippen LogP contribution >= 0.6 is 0 Å². The number of carboxylic acids is 1. The third kappa shape index (κ3) is 2.97. The number of hydrogen-bond acceptors (Lipinski definition) is 3. The Hall–Kier alpha value is -0.900. The Morgan fingerprint density at radius 2 is 1.89 bits per heavy atom. The second kappa shape index (κ2) is 7.11. The molecule has 4 aliphatic rings. The van der Waals surface area contributed by atoms with Gasteiger partial charge in [0.25, 0.3) is 0 Å². The van der Waals surface area contributed by atoms with Crippen LogP contribution in [-0.4, -0.2) is 28.1 Å². The molecule has 0 spiro atoms. The summed E-state index contributed by atoms with van der Waals surface area (Å²) in [4.78, 5) is 24.7. The van der Waals surface area contributed by atoms with E-state index in [1.165, 1.54) is 12.8 Å². The third-order valence-electron chi connectivity index (χ3n) is 10.1. The summed E-state index contributed by atoms with van der Waals surface area (Å²) in [6, 6.07) is 0. The maximum Gasteiger partial charge on any atom is 0.303 e. The highest BCUT2D eigenvalue weighted by molar-refractivity contribution is 5.87. The first-order chi connectivity index (χ1) is 13.2. The van der Waals surface area contributed by atoms with Gasteiger partial charge in [0, 0.05) is 18.3 Å². The summed E-state index contributed by atoms with van der Waals surface area (Å²) in [5, 5.41) is 19.3. The van der Waals surface area contributed by atoms with Crippen LogP contribution in [0.3, 0.4) is 0 Å². The van der Waals surface area contributed by atoms with Crippen LogP contribution in [0.1, 0.15) is 85.0 Å².